The van der Waals surface area contributed by atoms with Crippen LogP contribution in [-0.2, 0) is 19.7 Å². The van der Waals surface area contributed by atoms with Crippen LogP contribution >= 0.6 is 11.6 Å². The molecule has 0 aliphatic rings. The van der Waals surface area contributed by atoms with Crippen LogP contribution in [0.2, 0.25) is 5.02 Å². The van der Waals surface area contributed by atoms with Crippen molar-refractivity contribution in [3.63, 3.8) is 0 Å². The fourth-order valence-corrected chi connectivity index (χ4v) is 4.04. The highest BCUT2D eigenvalue weighted by atomic mass is 35.5. The number of anilines is 1. The molecule has 130 valence electrons. The third kappa shape index (κ3) is 4.49. The van der Waals surface area contributed by atoms with Crippen molar-refractivity contribution in [2.24, 2.45) is 0 Å². The fourth-order valence-electron chi connectivity index (χ4n) is 2.25. The summed E-state index contributed by atoms with van der Waals surface area (Å²) in [6, 6.07) is 11.0. The standard InChI is InChI=1S/C16H18ClNO4S2/c1-11(12-5-4-6-13(17)9-12)18-15-8-7-14(23(2,19)20)10-16(15)24(3,21)22/h4-11,18H,1-3H3. The Bertz CT molecular complexity index is 969. The van der Waals surface area contributed by atoms with E-state index in [9.17, 15) is 16.8 Å². The summed E-state index contributed by atoms with van der Waals surface area (Å²) in [4.78, 5) is -0.0943. The zero-order valence-corrected chi connectivity index (χ0v) is 15.8. The summed E-state index contributed by atoms with van der Waals surface area (Å²) < 4.78 is 47.4. The Morgan fingerprint density at radius 2 is 1.62 bits per heavy atom. The van der Waals surface area contributed by atoms with E-state index in [1.54, 1.807) is 18.2 Å². The summed E-state index contributed by atoms with van der Waals surface area (Å²) in [6.45, 7) is 1.86. The van der Waals surface area contributed by atoms with Crippen molar-refractivity contribution in [1.82, 2.24) is 0 Å². The van der Waals surface area contributed by atoms with E-state index < -0.39 is 19.7 Å². The molecule has 0 aromatic heterocycles. The lowest BCUT2D eigenvalue weighted by atomic mass is 10.1. The fraction of sp³-hybridized carbons (Fsp3) is 0.250. The lowest BCUT2D eigenvalue weighted by Crippen LogP contribution is -2.11. The van der Waals surface area contributed by atoms with Gasteiger partial charge in [-0.2, -0.15) is 0 Å². The first-order chi connectivity index (χ1) is 11.0. The van der Waals surface area contributed by atoms with Gasteiger partial charge in [0.1, 0.15) is 0 Å². The van der Waals surface area contributed by atoms with Crippen LogP contribution in [-0.4, -0.2) is 29.3 Å². The Morgan fingerprint density at radius 3 is 2.17 bits per heavy atom. The summed E-state index contributed by atoms with van der Waals surface area (Å²) in [6.07, 6.45) is 2.08. The van der Waals surface area contributed by atoms with Gasteiger partial charge in [0.05, 0.1) is 15.5 Å². The van der Waals surface area contributed by atoms with E-state index in [0.29, 0.717) is 10.7 Å². The molecule has 0 amide bonds. The van der Waals surface area contributed by atoms with Crippen LogP contribution in [0.15, 0.2) is 52.3 Å². The molecule has 0 bridgehead atoms. The van der Waals surface area contributed by atoms with Crippen LogP contribution in [0.3, 0.4) is 0 Å². The van der Waals surface area contributed by atoms with E-state index in [-0.39, 0.29) is 15.8 Å². The van der Waals surface area contributed by atoms with Gasteiger partial charge in [0.2, 0.25) is 0 Å². The first kappa shape index (κ1) is 18.8. The van der Waals surface area contributed by atoms with Crippen molar-refractivity contribution in [2.45, 2.75) is 22.8 Å². The largest absolute Gasteiger partial charge is 0.377 e. The molecule has 1 N–H and O–H groups in total. The first-order valence-electron chi connectivity index (χ1n) is 7.04. The minimum absolute atomic E-state index is 0.0381. The quantitative estimate of drug-likeness (QED) is 0.851. The van der Waals surface area contributed by atoms with Gasteiger partial charge in [-0.05, 0) is 42.8 Å². The molecule has 0 radical (unpaired) electrons. The highest BCUT2D eigenvalue weighted by molar-refractivity contribution is 7.91. The van der Waals surface area contributed by atoms with Crippen molar-refractivity contribution in [1.29, 1.82) is 0 Å². The average molecular weight is 388 g/mol. The van der Waals surface area contributed by atoms with Gasteiger partial charge >= 0.3 is 0 Å². The number of sulfone groups is 2. The smallest absolute Gasteiger partial charge is 0.177 e. The molecular weight excluding hydrogens is 370 g/mol. The SMILES string of the molecule is CC(Nc1ccc(S(C)(=O)=O)cc1S(C)(=O)=O)c1cccc(Cl)c1. The van der Waals surface area contributed by atoms with Gasteiger partial charge in [0, 0.05) is 23.6 Å². The molecule has 1 atom stereocenters. The van der Waals surface area contributed by atoms with Gasteiger partial charge in [-0.1, -0.05) is 23.7 Å². The van der Waals surface area contributed by atoms with Crippen LogP contribution < -0.4 is 5.32 Å². The predicted molar refractivity (Wildman–Crippen MR) is 96.2 cm³/mol. The monoisotopic (exact) mass is 387 g/mol. The minimum atomic E-state index is -3.61. The maximum atomic E-state index is 12.0. The number of halogens is 1. The maximum Gasteiger partial charge on any atom is 0.177 e. The van der Waals surface area contributed by atoms with Crippen molar-refractivity contribution in [3.05, 3.63) is 53.1 Å². The first-order valence-corrected chi connectivity index (χ1v) is 11.2. The van der Waals surface area contributed by atoms with E-state index in [1.807, 2.05) is 13.0 Å². The molecule has 0 aliphatic heterocycles. The van der Waals surface area contributed by atoms with Crippen LogP contribution in [0.4, 0.5) is 5.69 Å². The molecule has 5 nitrogen and oxygen atoms in total. The Labute approximate surface area is 147 Å². The van der Waals surface area contributed by atoms with Gasteiger partial charge in [0.15, 0.2) is 19.7 Å². The molecular formula is C16H18ClNO4S2. The molecule has 0 saturated carbocycles. The highest BCUT2D eigenvalue weighted by Gasteiger charge is 2.19. The van der Waals surface area contributed by atoms with Gasteiger partial charge < -0.3 is 5.32 Å². The lowest BCUT2D eigenvalue weighted by Gasteiger charge is -2.18. The molecule has 24 heavy (non-hydrogen) atoms. The molecule has 2 aromatic carbocycles. The van der Waals surface area contributed by atoms with E-state index in [1.165, 1.54) is 18.2 Å². The van der Waals surface area contributed by atoms with Crippen LogP contribution in [0.25, 0.3) is 0 Å². The molecule has 8 heteroatoms. The van der Waals surface area contributed by atoms with E-state index in [2.05, 4.69) is 5.32 Å². The summed E-state index contributed by atoms with van der Waals surface area (Å²) in [5, 5.41) is 3.69. The third-order valence-electron chi connectivity index (χ3n) is 3.50. The van der Waals surface area contributed by atoms with Gasteiger partial charge in [0.25, 0.3) is 0 Å². The number of hydrogen-bond donors (Lipinski definition) is 1. The normalized spacial score (nSPS) is 13.5. The number of hydrogen-bond acceptors (Lipinski definition) is 5. The zero-order valence-electron chi connectivity index (χ0n) is 13.4. The van der Waals surface area contributed by atoms with E-state index in [4.69, 9.17) is 11.6 Å². The Hall–Kier alpha value is -1.57. The van der Waals surface area contributed by atoms with E-state index in [0.717, 1.165) is 18.1 Å². The molecule has 0 saturated heterocycles. The molecule has 1 unspecified atom stereocenters. The Kier molecular flexibility index (Phi) is 5.27. The van der Waals surface area contributed by atoms with E-state index >= 15 is 0 Å². The second kappa shape index (κ2) is 6.74. The van der Waals surface area contributed by atoms with Gasteiger partial charge in [-0.15, -0.1) is 0 Å². The molecule has 0 fully saturated rings. The van der Waals surface area contributed by atoms with Crippen LogP contribution in [0.1, 0.15) is 18.5 Å². The molecule has 2 aromatic rings. The highest BCUT2D eigenvalue weighted by Crippen LogP contribution is 2.29. The summed E-state index contributed by atoms with van der Waals surface area (Å²) >= 11 is 5.98. The number of nitrogens with one attached hydrogen (secondary N) is 1. The van der Waals surface area contributed by atoms with Crippen molar-refractivity contribution < 1.29 is 16.8 Å². The molecule has 2 rings (SSSR count). The second-order valence-electron chi connectivity index (χ2n) is 5.62. The van der Waals surface area contributed by atoms with Crippen LogP contribution in [0.5, 0.6) is 0 Å². The molecule has 0 spiro atoms. The molecule has 0 heterocycles. The maximum absolute atomic E-state index is 12.0. The lowest BCUT2D eigenvalue weighted by molar-refractivity contribution is 0.600. The Balaban J connectivity index is 2.47. The van der Waals surface area contributed by atoms with Crippen molar-refractivity contribution in [3.8, 4) is 0 Å². The summed E-state index contributed by atoms with van der Waals surface area (Å²) in [5.41, 5.74) is 1.23. The third-order valence-corrected chi connectivity index (χ3v) is 5.98. The topological polar surface area (TPSA) is 80.3 Å². The molecule has 0 aliphatic carbocycles. The summed E-state index contributed by atoms with van der Waals surface area (Å²) in [7, 11) is -7.10. The van der Waals surface area contributed by atoms with Crippen molar-refractivity contribution in [2.75, 3.05) is 17.8 Å². The zero-order chi connectivity index (χ0) is 18.1. The predicted octanol–water partition coefficient (Wildman–Crippen LogP) is 3.32. The van der Waals surface area contributed by atoms with Crippen LogP contribution in [0, 0.1) is 0 Å². The average Bonchev–Trinajstić information content (AvgIpc) is 2.45. The van der Waals surface area contributed by atoms with Crippen molar-refractivity contribution >= 4 is 37.0 Å². The van der Waals surface area contributed by atoms with Gasteiger partial charge in [-0.25, -0.2) is 16.8 Å². The van der Waals surface area contributed by atoms with Gasteiger partial charge in [-0.3, -0.25) is 0 Å². The minimum Gasteiger partial charge on any atom is -0.377 e. The summed E-state index contributed by atoms with van der Waals surface area (Å²) in [5.74, 6) is 0. The Morgan fingerprint density at radius 1 is 0.958 bits per heavy atom. The number of rotatable bonds is 5. The second-order valence-corrected chi connectivity index (χ2v) is 10.1. The number of benzene rings is 2.